The van der Waals surface area contributed by atoms with Crippen LogP contribution in [0, 0.1) is 0 Å². The van der Waals surface area contributed by atoms with Crippen LogP contribution in [-0.4, -0.2) is 6.10 Å². The van der Waals surface area contributed by atoms with Crippen molar-refractivity contribution in [3.63, 3.8) is 0 Å². The van der Waals surface area contributed by atoms with Gasteiger partial charge in [0.25, 0.3) is 0 Å². The van der Waals surface area contributed by atoms with Crippen molar-refractivity contribution in [2.45, 2.75) is 50.5 Å². The number of allylic oxidation sites excluding steroid dienone is 2. The number of hydrogen-bond acceptors (Lipinski definition) is 2. The monoisotopic (exact) mass is 797 g/mol. The molecule has 1 aliphatic heterocycles. The maximum absolute atomic E-state index is 6.61. The molecule has 0 saturated heterocycles. The predicted molar refractivity (Wildman–Crippen MR) is 258 cm³/mol. The van der Waals surface area contributed by atoms with E-state index in [1.54, 1.807) is 0 Å². The molecule has 2 unspecified atom stereocenters. The molecule has 0 N–H and O–H groups in total. The van der Waals surface area contributed by atoms with E-state index in [1.807, 2.05) is 0 Å². The lowest BCUT2D eigenvalue weighted by atomic mass is 9.81. The van der Waals surface area contributed by atoms with Gasteiger partial charge in [0.05, 0.1) is 0 Å². The summed E-state index contributed by atoms with van der Waals surface area (Å²) in [5.74, 6) is 1.25. The number of para-hydroxylation sites is 1. The Labute approximate surface area is 365 Å². The lowest BCUT2D eigenvalue weighted by Crippen LogP contribution is -2.18. The minimum atomic E-state index is -0.186. The van der Waals surface area contributed by atoms with Crippen LogP contribution >= 0.6 is 0 Å². The Morgan fingerprint density at radius 3 is 1.40 bits per heavy atom. The lowest BCUT2D eigenvalue weighted by molar-refractivity contribution is 0.270. The first-order chi connectivity index (χ1) is 30.2. The van der Waals surface area contributed by atoms with Gasteiger partial charge in [0.15, 0.2) is 0 Å². The second kappa shape index (κ2) is 13.7. The van der Waals surface area contributed by atoms with Gasteiger partial charge in [-0.25, -0.2) is 0 Å². The van der Waals surface area contributed by atoms with Gasteiger partial charge in [0, 0.05) is 44.9 Å². The van der Waals surface area contributed by atoms with Crippen molar-refractivity contribution in [2.24, 2.45) is 0 Å². The molecule has 2 nitrogen and oxygen atoms in total. The molecule has 0 bridgehead atoms. The van der Waals surface area contributed by atoms with Gasteiger partial charge in [-0.05, 0) is 127 Å². The van der Waals surface area contributed by atoms with E-state index in [1.165, 1.54) is 72.3 Å². The predicted octanol–water partition coefficient (Wildman–Crippen LogP) is 15.7. The molecule has 0 aromatic heterocycles. The van der Waals surface area contributed by atoms with E-state index in [0.717, 1.165) is 33.9 Å². The zero-order valence-electron chi connectivity index (χ0n) is 35.6. The molecular weight excluding hydrogens is 751 g/mol. The zero-order valence-corrected chi connectivity index (χ0v) is 35.6. The summed E-state index contributed by atoms with van der Waals surface area (Å²) >= 11 is 0. The molecule has 62 heavy (non-hydrogen) atoms. The maximum Gasteiger partial charge on any atom is 0.132 e. The molecule has 4 aliphatic rings. The molecule has 12 rings (SSSR count). The summed E-state index contributed by atoms with van der Waals surface area (Å²) in [7, 11) is 0. The quantitative estimate of drug-likeness (QED) is 0.166. The van der Waals surface area contributed by atoms with E-state index in [-0.39, 0.29) is 22.9 Å². The summed E-state index contributed by atoms with van der Waals surface area (Å²) < 4.78 is 6.61. The van der Waals surface area contributed by atoms with Gasteiger partial charge in [-0.2, -0.15) is 0 Å². The topological polar surface area (TPSA) is 12.5 Å². The molecule has 2 heteroatoms. The highest BCUT2D eigenvalue weighted by Gasteiger charge is 2.39. The summed E-state index contributed by atoms with van der Waals surface area (Å²) in [6.45, 7) is 9.54. The third-order valence-corrected chi connectivity index (χ3v) is 14.2. The Kier molecular flexibility index (Phi) is 8.09. The minimum Gasteiger partial charge on any atom is -0.484 e. The SMILES string of the molecule is CC1(C)c2cc(-c3ccccc3)ccc2-c2ccc(N(c3ccc(-c4cccc5c4OC4C=CC=CC54)cc3)c3ccc4c(c3)C(C)(C)c3cc(-c5ccccc5)ccc3-4)cc21. The van der Waals surface area contributed by atoms with Gasteiger partial charge >= 0.3 is 0 Å². The van der Waals surface area contributed by atoms with Gasteiger partial charge in [0.2, 0.25) is 0 Å². The summed E-state index contributed by atoms with van der Waals surface area (Å²) in [5, 5.41) is 0. The van der Waals surface area contributed by atoms with E-state index in [2.05, 4.69) is 233 Å². The summed E-state index contributed by atoms with van der Waals surface area (Å²) in [4.78, 5) is 2.46. The fourth-order valence-electron chi connectivity index (χ4n) is 10.9. The lowest BCUT2D eigenvalue weighted by Gasteiger charge is -2.30. The molecule has 0 radical (unpaired) electrons. The van der Waals surface area contributed by atoms with Gasteiger partial charge < -0.3 is 9.64 Å². The fraction of sp³-hybridized carbons (Fsp3) is 0.133. The molecule has 1 heterocycles. The summed E-state index contributed by atoms with van der Waals surface area (Å²) in [5.41, 5.74) is 22.3. The smallest absolute Gasteiger partial charge is 0.132 e. The van der Waals surface area contributed by atoms with Crippen molar-refractivity contribution in [3.05, 3.63) is 228 Å². The standard InChI is InChI=1S/C60H47NO/c1-59(2)53-34-41(38-14-7-5-8-15-38)24-30-47(53)49-32-28-44(36-55(49)59)61(43-26-22-40(23-27-43)46-19-13-20-52-51-18-11-12-21-57(51)62-58(46)52)45-29-33-50-48-31-25-42(39-16-9-6-10-17-39)35-54(48)60(3,4)56(50)37-45/h5-37,51,57H,1-4H3. The fourth-order valence-corrected chi connectivity index (χ4v) is 10.9. The van der Waals surface area contributed by atoms with Crippen molar-refractivity contribution in [2.75, 3.05) is 4.90 Å². The Bertz CT molecular complexity index is 3000. The summed E-state index contributed by atoms with van der Waals surface area (Å²) in [6, 6.07) is 65.5. The van der Waals surface area contributed by atoms with Crippen molar-refractivity contribution < 1.29 is 4.74 Å². The third kappa shape index (κ3) is 5.56. The molecule has 298 valence electrons. The molecule has 8 aromatic rings. The number of hydrogen-bond donors (Lipinski definition) is 0. The van der Waals surface area contributed by atoms with E-state index in [9.17, 15) is 0 Å². The molecule has 3 aliphatic carbocycles. The number of benzene rings is 8. The number of nitrogens with zero attached hydrogens (tertiary/aromatic N) is 1. The normalized spacial score (nSPS) is 17.6. The van der Waals surface area contributed by atoms with Crippen LogP contribution < -0.4 is 9.64 Å². The highest BCUT2D eigenvalue weighted by molar-refractivity contribution is 5.90. The van der Waals surface area contributed by atoms with Crippen LogP contribution in [0.5, 0.6) is 5.75 Å². The molecule has 2 atom stereocenters. The molecule has 0 fully saturated rings. The van der Waals surface area contributed by atoms with Crippen LogP contribution in [0.15, 0.2) is 200 Å². The molecular formula is C60H47NO. The number of rotatable bonds is 6. The largest absolute Gasteiger partial charge is 0.484 e. The Hall–Kier alpha value is -7.16. The molecule has 0 amide bonds. The van der Waals surface area contributed by atoms with Gasteiger partial charge in [-0.3, -0.25) is 0 Å². The molecule has 0 saturated carbocycles. The van der Waals surface area contributed by atoms with Gasteiger partial charge in [0.1, 0.15) is 11.9 Å². The van der Waals surface area contributed by atoms with Crippen LogP contribution in [0.25, 0.3) is 55.6 Å². The van der Waals surface area contributed by atoms with Crippen LogP contribution in [0.4, 0.5) is 17.1 Å². The summed E-state index contributed by atoms with van der Waals surface area (Å²) in [6.07, 6.45) is 8.71. The van der Waals surface area contributed by atoms with Crippen LogP contribution in [0.2, 0.25) is 0 Å². The van der Waals surface area contributed by atoms with Crippen molar-refractivity contribution >= 4 is 17.1 Å². The van der Waals surface area contributed by atoms with Crippen LogP contribution in [0.3, 0.4) is 0 Å². The van der Waals surface area contributed by atoms with E-state index < -0.39 is 0 Å². The van der Waals surface area contributed by atoms with Crippen molar-refractivity contribution in [1.82, 2.24) is 0 Å². The van der Waals surface area contributed by atoms with Crippen molar-refractivity contribution in [3.8, 4) is 61.4 Å². The van der Waals surface area contributed by atoms with E-state index >= 15 is 0 Å². The number of anilines is 3. The Morgan fingerprint density at radius 1 is 0.387 bits per heavy atom. The average molecular weight is 798 g/mol. The first-order valence-electron chi connectivity index (χ1n) is 22.0. The average Bonchev–Trinajstić information content (AvgIpc) is 3.89. The van der Waals surface area contributed by atoms with Crippen molar-refractivity contribution in [1.29, 1.82) is 0 Å². The van der Waals surface area contributed by atoms with Crippen LogP contribution in [0.1, 0.15) is 61.4 Å². The Morgan fingerprint density at radius 2 is 0.855 bits per heavy atom. The molecule has 8 aromatic carbocycles. The molecule has 0 spiro atoms. The second-order valence-corrected chi connectivity index (χ2v) is 18.4. The van der Waals surface area contributed by atoms with Gasteiger partial charge in [-0.1, -0.05) is 173 Å². The maximum atomic E-state index is 6.61. The third-order valence-electron chi connectivity index (χ3n) is 14.2. The highest BCUT2D eigenvalue weighted by Crippen LogP contribution is 2.54. The first kappa shape index (κ1) is 36.7. The number of ether oxygens (including phenoxy) is 1. The van der Waals surface area contributed by atoms with Crippen LogP contribution in [-0.2, 0) is 10.8 Å². The van der Waals surface area contributed by atoms with E-state index in [0.29, 0.717) is 0 Å². The highest BCUT2D eigenvalue weighted by atomic mass is 16.5. The first-order valence-corrected chi connectivity index (χ1v) is 22.0. The van der Waals surface area contributed by atoms with E-state index in [4.69, 9.17) is 4.74 Å². The van der Waals surface area contributed by atoms with Gasteiger partial charge in [-0.15, -0.1) is 0 Å². The zero-order chi connectivity index (χ0) is 41.7. The second-order valence-electron chi connectivity index (χ2n) is 18.4. The number of fused-ring (bicyclic) bond motifs is 9. The Balaban J connectivity index is 0.972. The minimum absolute atomic E-state index is 0.0474.